The average Bonchev–Trinajstić information content (AvgIpc) is 4.19. The number of ether oxygens (including phenoxy) is 2. The number of aliphatic hydroxyl groups excluding tert-OH is 10. The zero-order chi connectivity index (χ0) is 50.9. The van der Waals surface area contributed by atoms with E-state index in [0.29, 0.717) is 49.8 Å². The predicted octanol–water partition coefficient (Wildman–Crippen LogP) is 7.55. The molecule has 2 saturated heterocycles. The Bertz CT molecular complexity index is 1170. The Balaban J connectivity index is -0.000000209. The Kier molecular flexibility index (Phi) is 67.7. The average molecular weight is 953 g/mol. The molecule has 10 N–H and O–H groups in total. The van der Waals surface area contributed by atoms with Crippen LogP contribution < -0.4 is 0 Å². The van der Waals surface area contributed by atoms with Gasteiger partial charge < -0.3 is 73.8 Å². The number of unbranched alkanes of at least 4 members (excludes halogenated alkanes) is 4. The van der Waals surface area contributed by atoms with E-state index in [1.165, 1.54) is 31.8 Å². The molecule has 5 unspecified atom stereocenters. The van der Waals surface area contributed by atoms with Crippen LogP contribution in [0.4, 0.5) is 0 Å². The maximum Gasteiger partial charge on any atom is 0.185 e. The Morgan fingerprint density at radius 1 is 0.621 bits per heavy atom. The van der Waals surface area contributed by atoms with Crippen molar-refractivity contribution in [3.05, 3.63) is 72.5 Å². The lowest BCUT2D eigenvalue weighted by molar-refractivity contribution is 0.0591. The Labute approximate surface area is 397 Å². The van der Waals surface area contributed by atoms with Crippen molar-refractivity contribution in [1.29, 1.82) is 0 Å². The van der Waals surface area contributed by atoms with E-state index in [0.717, 1.165) is 83.2 Å². The molecule has 2 fully saturated rings. The highest BCUT2D eigenvalue weighted by Gasteiger charge is 2.12. The molecule has 0 bridgehead atoms. The molecule has 66 heavy (non-hydrogen) atoms. The van der Waals surface area contributed by atoms with Crippen molar-refractivity contribution in [1.82, 2.24) is 0 Å². The van der Waals surface area contributed by atoms with Gasteiger partial charge in [0.2, 0.25) is 0 Å². The summed E-state index contributed by atoms with van der Waals surface area (Å²) >= 11 is 0. The van der Waals surface area contributed by atoms with Crippen LogP contribution in [0.5, 0.6) is 0 Å². The number of hydrogen-bond acceptors (Lipinski definition) is 16. The Morgan fingerprint density at radius 2 is 1.15 bits per heavy atom. The maximum absolute atomic E-state index is 9.77. The van der Waals surface area contributed by atoms with Crippen molar-refractivity contribution >= 4 is 6.29 Å². The summed E-state index contributed by atoms with van der Waals surface area (Å²) < 4.78 is 24.4. The van der Waals surface area contributed by atoms with Gasteiger partial charge in [-0.25, -0.2) is 0 Å². The zero-order valence-electron chi connectivity index (χ0n) is 41.8. The molecule has 0 amide bonds. The number of aldehydes is 1. The van der Waals surface area contributed by atoms with Gasteiger partial charge in [0.25, 0.3) is 0 Å². The van der Waals surface area contributed by atoms with Crippen LogP contribution in [0, 0.1) is 6.92 Å². The number of carbonyl (C=O) groups excluding carboxylic acids is 1. The molecule has 0 radical (unpaired) electrons. The lowest BCUT2D eigenvalue weighted by Gasteiger charge is -2.01. The molecule has 16 heteroatoms. The van der Waals surface area contributed by atoms with Crippen LogP contribution in [0.2, 0.25) is 0 Å². The second kappa shape index (κ2) is 62.0. The standard InChI is InChI=1S/C5H10O2.C5H6O2.C5H4O2.3C5H12O2.C5H10O.C5H6O.2C5H12O/c3*6-4-5-2-1-3-7-5;1-5(7)3-2-4-6;1-2-3-5(7)4-6;6-4-2-1-3-5-7;2*1-5-3-2-4-6-5;1-3-4-5(2)6;1-2-3-4-5-6/h5-6H,1-4H2;1-3,6H,4H2;1-4H;2*5-7H,2-4H2,1H3;6-7H,1-5H2;5H,2-4H2,1H3;2-4H,1H3;5-6H,3-4H2,1-2H3;6H,2-5H2,1H3. The Hall–Kier alpha value is -2.97. The van der Waals surface area contributed by atoms with Crippen molar-refractivity contribution in [2.45, 2.75) is 188 Å². The fraction of sp³-hybridized carbons (Fsp3) is 0.740. The van der Waals surface area contributed by atoms with Gasteiger partial charge in [0, 0.05) is 39.6 Å². The summed E-state index contributed by atoms with van der Waals surface area (Å²) in [6.45, 7) is 16.7. The Morgan fingerprint density at radius 3 is 1.35 bits per heavy atom. The van der Waals surface area contributed by atoms with E-state index < -0.39 is 6.10 Å². The van der Waals surface area contributed by atoms with E-state index in [4.69, 9.17) is 69.4 Å². The van der Waals surface area contributed by atoms with Crippen molar-refractivity contribution in [2.75, 3.05) is 52.9 Å². The van der Waals surface area contributed by atoms with Crippen molar-refractivity contribution in [3.63, 3.8) is 0 Å². The van der Waals surface area contributed by atoms with Gasteiger partial charge >= 0.3 is 0 Å². The third kappa shape index (κ3) is 67.6. The first kappa shape index (κ1) is 72.0. The first-order chi connectivity index (χ1) is 31.8. The summed E-state index contributed by atoms with van der Waals surface area (Å²) in [6.07, 6.45) is 20.8. The van der Waals surface area contributed by atoms with Gasteiger partial charge in [-0.1, -0.05) is 46.5 Å². The second-order valence-electron chi connectivity index (χ2n) is 15.2. The smallest absolute Gasteiger partial charge is 0.185 e. The van der Waals surface area contributed by atoms with Crippen LogP contribution in [-0.2, 0) is 16.1 Å². The van der Waals surface area contributed by atoms with Gasteiger partial charge in [-0.3, -0.25) is 4.79 Å². The lowest BCUT2D eigenvalue weighted by Crippen LogP contribution is -2.10. The topological polar surface area (TPSA) is 277 Å². The number of hydrogen-bond donors (Lipinski definition) is 10. The maximum atomic E-state index is 9.77. The molecule has 16 nitrogen and oxygen atoms in total. The summed E-state index contributed by atoms with van der Waals surface area (Å²) in [5.74, 6) is 1.95. The highest BCUT2D eigenvalue weighted by Crippen LogP contribution is 2.10. The molecular weight excluding hydrogens is 857 g/mol. The SMILES string of the molecule is CC(O)CCCO.CC1CCCO1.CCCC(C)O.CCCC(O)CO.CCCCCO.Cc1ccco1.O=Cc1ccco1.OCC1CCCO1.OCCCCCO.OCc1ccco1. The fourth-order valence-electron chi connectivity index (χ4n) is 4.64. The molecule has 0 aromatic carbocycles. The quantitative estimate of drug-likeness (QED) is 0.0435. The summed E-state index contributed by atoms with van der Waals surface area (Å²) in [5, 5.41) is 83.5. The zero-order valence-corrected chi connectivity index (χ0v) is 41.8. The second-order valence-corrected chi connectivity index (χ2v) is 15.2. The number of furan rings is 3. The molecular formula is C50H96O16. The van der Waals surface area contributed by atoms with Gasteiger partial charge in [0.05, 0.1) is 62.5 Å². The summed E-state index contributed by atoms with van der Waals surface area (Å²) in [5.41, 5.74) is 0. The third-order valence-electron chi connectivity index (χ3n) is 8.34. The molecule has 2 aliphatic heterocycles. The monoisotopic (exact) mass is 953 g/mol. The fourth-order valence-corrected chi connectivity index (χ4v) is 4.64. The van der Waals surface area contributed by atoms with Gasteiger partial charge in [0.1, 0.15) is 18.1 Å². The minimum Gasteiger partial charge on any atom is -0.470 e. The first-order valence-corrected chi connectivity index (χ1v) is 23.8. The van der Waals surface area contributed by atoms with Crippen molar-refractivity contribution < 1.29 is 78.6 Å². The minimum absolute atomic E-state index is 0.00694. The number of carbonyl (C=O) groups is 1. The third-order valence-corrected chi connectivity index (χ3v) is 8.34. The van der Waals surface area contributed by atoms with Gasteiger partial charge in [-0.2, -0.15) is 0 Å². The van der Waals surface area contributed by atoms with E-state index in [1.807, 2.05) is 32.9 Å². The molecule has 2 aliphatic rings. The van der Waals surface area contributed by atoms with Gasteiger partial charge in [-0.15, -0.1) is 0 Å². The molecule has 3 aromatic heterocycles. The van der Waals surface area contributed by atoms with Crippen molar-refractivity contribution in [2.24, 2.45) is 0 Å². The van der Waals surface area contributed by atoms with Crippen LogP contribution in [0.25, 0.3) is 0 Å². The minimum atomic E-state index is -0.495. The van der Waals surface area contributed by atoms with Crippen LogP contribution in [0.15, 0.2) is 68.4 Å². The van der Waals surface area contributed by atoms with Crippen LogP contribution >= 0.6 is 0 Å². The normalized spacial score (nSPS) is 15.3. The lowest BCUT2D eigenvalue weighted by atomic mass is 10.2. The molecule has 3 aromatic rings. The number of rotatable bonds is 18. The van der Waals surface area contributed by atoms with E-state index >= 15 is 0 Å². The molecule has 5 atom stereocenters. The largest absolute Gasteiger partial charge is 0.470 e. The highest BCUT2D eigenvalue weighted by molar-refractivity contribution is 5.69. The van der Waals surface area contributed by atoms with Crippen LogP contribution in [0.3, 0.4) is 0 Å². The number of aliphatic hydroxyl groups is 10. The van der Waals surface area contributed by atoms with E-state index in [9.17, 15) is 4.79 Å². The summed E-state index contributed by atoms with van der Waals surface area (Å²) in [7, 11) is 0. The number of aryl methyl sites for hydroxylation is 1. The molecule has 5 heterocycles. The molecule has 392 valence electrons. The van der Waals surface area contributed by atoms with E-state index in [-0.39, 0.29) is 58.0 Å². The van der Waals surface area contributed by atoms with Gasteiger partial charge in [0.15, 0.2) is 12.0 Å². The summed E-state index contributed by atoms with van der Waals surface area (Å²) in [6, 6.07) is 10.5. The molecule has 0 spiro atoms. The van der Waals surface area contributed by atoms with E-state index in [1.54, 1.807) is 37.5 Å². The van der Waals surface area contributed by atoms with Crippen molar-refractivity contribution in [3.8, 4) is 0 Å². The predicted molar refractivity (Wildman–Crippen MR) is 260 cm³/mol. The molecule has 5 rings (SSSR count). The molecule has 0 aliphatic carbocycles. The summed E-state index contributed by atoms with van der Waals surface area (Å²) in [4.78, 5) is 9.77. The highest BCUT2D eigenvalue weighted by atomic mass is 16.5. The first-order valence-electron chi connectivity index (χ1n) is 23.8. The van der Waals surface area contributed by atoms with Crippen LogP contribution in [0.1, 0.15) is 166 Å². The van der Waals surface area contributed by atoms with E-state index in [2.05, 4.69) is 25.2 Å². The molecule has 0 saturated carbocycles. The van der Waals surface area contributed by atoms with Gasteiger partial charge in [-0.05, 0) is 141 Å². The van der Waals surface area contributed by atoms with Crippen LogP contribution in [-0.4, -0.2) is 141 Å².